The molecule has 1 rings (SSSR count). The summed E-state index contributed by atoms with van der Waals surface area (Å²) in [5.41, 5.74) is 16.9. The highest BCUT2D eigenvalue weighted by molar-refractivity contribution is 5.94. The molecule has 11 N–H and O–H groups in total. The number of benzene rings is 1. The molecule has 13 nitrogen and oxygen atoms in total. The molecular formula is C22H35N7O6. The molecular weight excluding hydrogens is 458 g/mol. The Kier molecular flexibility index (Phi) is 12.2. The first-order valence-corrected chi connectivity index (χ1v) is 11.1. The average molecular weight is 494 g/mol. The zero-order valence-electron chi connectivity index (χ0n) is 19.8. The number of aliphatic hydroxyl groups is 1. The zero-order chi connectivity index (χ0) is 26.5. The fraction of sp³-hybridized carbons (Fsp3) is 0.500. The standard InChI is InChI=1S/C22H35N7O6/c1-12(23)18(31)27-15(9-6-10-26-22(24)25)19(32)28-16(11-14-7-4-3-5-8-14)20(33)29-17(13(2)30)21(34)35/h3-5,7-8,12-13,15-17,30H,6,9-11,23H2,1-2H3,(H,27,31)(H,28,32)(H,29,33)(H,34,35)(H4,24,25,26). The smallest absolute Gasteiger partial charge is 0.328 e. The number of carbonyl (C=O) groups excluding carboxylic acids is 3. The van der Waals surface area contributed by atoms with Crippen LogP contribution < -0.4 is 33.2 Å². The number of hydrogen-bond donors (Lipinski definition) is 8. The lowest BCUT2D eigenvalue weighted by molar-refractivity contribution is -0.145. The normalized spacial score (nSPS) is 15.0. The van der Waals surface area contributed by atoms with Gasteiger partial charge in [0.05, 0.1) is 12.1 Å². The van der Waals surface area contributed by atoms with Crippen molar-refractivity contribution in [2.45, 2.75) is 63.4 Å². The van der Waals surface area contributed by atoms with Crippen LogP contribution in [0.1, 0.15) is 32.3 Å². The molecule has 0 aliphatic carbocycles. The van der Waals surface area contributed by atoms with Gasteiger partial charge in [-0.05, 0) is 32.3 Å². The topological polar surface area (TPSA) is 235 Å². The van der Waals surface area contributed by atoms with Crippen LogP contribution in [0.25, 0.3) is 0 Å². The first-order valence-electron chi connectivity index (χ1n) is 11.1. The summed E-state index contributed by atoms with van der Waals surface area (Å²) in [6, 6.07) is 4.04. The number of guanidine groups is 1. The third-order valence-electron chi connectivity index (χ3n) is 4.95. The number of nitrogens with one attached hydrogen (secondary N) is 3. The van der Waals surface area contributed by atoms with Crippen LogP contribution in [0, 0.1) is 0 Å². The van der Waals surface area contributed by atoms with Crippen molar-refractivity contribution in [2.75, 3.05) is 6.54 Å². The number of nitrogens with two attached hydrogens (primary N) is 3. The average Bonchev–Trinajstić information content (AvgIpc) is 2.78. The third kappa shape index (κ3) is 10.8. The lowest BCUT2D eigenvalue weighted by Crippen LogP contribution is -2.58. The number of rotatable bonds is 14. The van der Waals surface area contributed by atoms with E-state index in [0.717, 1.165) is 0 Å². The number of aliphatic hydroxyl groups excluding tert-OH is 1. The van der Waals surface area contributed by atoms with Crippen molar-refractivity contribution < 1.29 is 29.4 Å². The van der Waals surface area contributed by atoms with E-state index < -0.39 is 54.0 Å². The fourth-order valence-corrected chi connectivity index (χ4v) is 3.05. The van der Waals surface area contributed by atoms with Gasteiger partial charge in [-0.25, -0.2) is 4.79 Å². The van der Waals surface area contributed by atoms with Crippen molar-refractivity contribution in [2.24, 2.45) is 22.2 Å². The molecule has 0 aromatic heterocycles. The zero-order valence-corrected chi connectivity index (χ0v) is 19.8. The van der Waals surface area contributed by atoms with E-state index in [1.54, 1.807) is 30.3 Å². The van der Waals surface area contributed by atoms with Gasteiger partial charge in [-0.15, -0.1) is 0 Å². The molecule has 35 heavy (non-hydrogen) atoms. The molecule has 0 aliphatic rings. The van der Waals surface area contributed by atoms with E-state index in [1.807, 2.05) is 0 Å². The van der Waals surface area contributed by atoms with E-state index in [-0.39, 0.29) is 25.3 Å². The Bertz CT molecular complexity index is 888. The molecule has 0 bridgehead atoms. The first-order chi connectivity index (χ1) is 16.4. The van der Waals surface area contributed by atoms with Crippen LogP contribution in [-0.4, -0.2) is 76.7 Å². The van der Waals surface area contributed by atoms with Crippen molar-refractivity contribution in [3.63, 3.8) is 0 Å². The molecule has 5 atom stereocenters. The minimum Gasteiger partial charge on any atom is -0.480 e. The Morgan fingerprint density at radius 2 is 1.51 bits per heavy atom. The highest BCUT2D eigenvalue weighted by Gasteiger charge is 2.31. The second kappa shape index (κ2) is 14.5. The molecule has 0 radical (unpaired) electrons. The summed E-state index contributed by atoms with van der Waals surface area (Å²) in [7, 11) is 0. The van der Waals surface area contributed by atoms with Gasteiger partial charge >= 0.3 is 5.97 Å². The minimum atomic E-state index is -1.58. The molecule has 0 aliphatic heterocycles. The maximum Gasteiger partial charge on any atom is 0.328 e. The molecule has 0 fully saturated rings. The Labute approximate surface area is 203 Å². The molecule has 0 saturated heterocycles. The Morgan fingerprint density at radius 1 is 0.943 bits per heavy atom. The highest BCUT2D eigenvalue weighted by atomic mass is 16.4. The van der Waals surface area contributed by atoms with E-state index >= 15 is 0 Å². The second-order valence-electron chi connectivity index (χ2n) is 8.11. The van der Waals surface area contributed by atoms with Gasteiger partial charge in [0.15, 0.2) is 12.0 Å². The fourth-order valence-electron chi connectivity index (χ4n) is 3.05. The number of carbonyl (C=O) groups is 4. The summed E-state index contributed by atoms with van der Waals surface area (Å²) in [5.74, 6) is -3.61. The highest BCUT2D eigenvalue weighted by Crippen LogP contribution is 2.07. The van der Waals surface area contributed by atoms with Crippen LogP contribution in [0.3, 0.4) is 0 Å². The number of hydrogen-bond acceptors (Lipinski definition) is 7. The number of nitrogens with zero attached hydrogens (tertiary/aromatic N) is 1. The summed E-state index contributed by atoms with van der Waals surface area (Å²) in [4.78, 5) is 53.4. The monoisotopic (exact) mass is 493 g/mol. The van der Waals surface area contributed by atoms with E-state index in [9.17, 15) is 29.4 Å². The van der Waals surface area contributed by atoms with Crippen LogP contribution in [-0.2, 0) is 25.6 Å². The van der Waals surface area contributed by atoms with Crippen LogP contribution in [0.5, 0.6) is 0 Å². The third-order valence-corrected chi connectivity index (χ3v) is 4.95. The number of amides is 3. The molecule has 0 spiro atoms. The van der Waals surface area contributed by atoms with Gasteiger partial charge in [-0.1, -0.05) is 30.3 Å². The minimum absolute atomic E-state index is 0.0342. The Hall–Kier alpha value is -3.71. The quantitative estimate of drug-likeness (QED) is 0.0778. The van der Waals surface area contributed by atoms with E-state index in [1.165, 1.54) is 13.8 Å². The molecule has 3 amide bonds. The van der Waals surface area contributed by atoms with E-state index in [4.69, 9.17) is 17.2 Å². The van der Waals surface area contributed by atoms with Crippen LogP contribution in [0.4, 0.5) is 0 Å². The van der Waals surface area contributed by atoms with Gasteiger partial charge in [-0.3, -0.25) is 19.4 Å². The lowest BCUT2D eigenvalue weighted by Gasteiger charge is -2.25. The van der Waals surface area contributed by atoms with Crippen molar-refractivity contribution in [3.05, 3.63) is 35.9 Å². The van der Waals surface area contributed by atoms with Crippen LogP contribution in [0.15, 0.2) is 35.3 Å². The Morgan fingerprint density at radius 3 is 2.03 bits per heavy atom. The molecule has 1 aromatic carbocycles. The number of carboxylic acid groups (broad SMARTS) is 1. The van der Waals surface area contributed by atoms with Gasteiger partial charge in [0.25, 0.3) is 0 Å². The largest absolute Gasteiger partial charge is 0.480 e. The van der Waals surface area contributed by atoms with Gasteiger partial charge in [0.1, 0.15) is 12.1 Å². The van der Waals surface area contributed by atoms with Crippen LogP contribution >= 0.6 is 0 Å². The van der Waals surface area contributed by atoms with Crippen molar-refractivity contribution >= 4 is 29.7 Å². The molecule has 1 aromatic rings. The number of aliphatic imine (C=N–C) groups is 1. The van der Waals surface area contributed by atoms with Crippen molar-refractivity contribution in [1.29, 1.82) is 0 Å². The summed E-state index contributed by atoms with van der Waals surface area (Å²) < 4.78 is 0. The predicted octanol–water partition coefficient (Wildman–Crippen LogP) is -2.45. The second-order valence-corrected chi connectivity index (χ2v) is 8.11. The van der Waals surface area contributed by atoms with Crippen molar-refractivity contribution in [3.8, 4) is 0 Å². The van der Waals surface area contributed by atoms with Gasteiger partial charge in [0.2, 0.25) is 17.7 Å². The van der Waals surface area contributed by atoms with Gasteiger partial charge in [0, 0.05) is 13.0 Å². The maximum absolute atomic E-state index is 13.1. The SMILES string of the molecule is CC(N)C(=O)NC(CCCN=C(N)N)C(=O)NC(Cc1ccccc1)C(=O)NC(C(=O)O)C(C)O. The molecule has 0 saturated carbocycles. The molecule has 0 heterocycles. The van der Waals surface area contributed by atoms with E-state index in [0.29, 0.717) is 12.0 Å². The van der Waals surface area contributed by atoms with E-state index in [2.05, 4.69) is 20.9 Å². The first kappa shape index (κ1) is 29.3. The molecule has 194 valence electrons. The molecule has 5 unspecified atom stereocenters. The summed E-state index contributed by atoms with van der Waals surface area (Å²) >= 11 is 0. The maximum atomic E-state index is 13.1. The Balaban J connectivity index is 3.10. The van der Waals surface area contributed by atoms with Crippen molar-refractivity contribution in [1.82, 2.24) is 16.0 Å². The lowest BCUT2D eigenvalue weighted by atomic mass is 10.0. The van der Waals surface area contributed by atoms with Crippen LogP contribution in [0.2, 0.25) is 0 Å². The summed E-state index contributed by atoms with van der Waals surface area (Å²) in [6.07, 6.45) is -0.856. The molecule has 13 heteroatoms. The van der Waals surface area contributed by atoms with Gasteiger partial charge < -0.3 is 43.4 Å². The number of carboxylic acids is 1. The summed E-state index contributed by atoms with van der Waals surface area (Å²) in [6.45, 7) is 2.89. The number of aliphatic carboxylic acids is 1. The summed E-state index contributed by atoms with van der Waals surface area (Å²) in [5, 5.41) is 26.4. The predicted molar refractivity (Wildman–Crippen MR) is 129 cm³/mol. The van der Waals surface area contributed by atoms with Gasteiger partial charge in [-0.2, -0.15) is 0 Å².